The van der Waals surface area contributed by atoms with Crippen LogP contribution in [-0.2, 0) is 0 Å². The van der Waals surface area contributed by atoms with Gasteiger partial charge in [0.1, 0.15) is 29.0 Å². The third kappa shape index (κ3) is 8.98. The Labute approximate surface area is 277 Å². The summed E-state index contributed by atoms with van der Waals surface area (Å²) in [7, 11) is 0. The van der Waals surface area contributed by atoms with Crippen molar-refractivity contribution in [2.75, 3.05) is 13.1 Å². The largest absolute Gasteiger partial charge is 0.484 e. The zero-order valence-corrected chi connectivity index (χ0v) is 27.9. The van der Waals surface area contributed by atoms with Crippen LogP contribution in [0.15, 0.2) is 83.6 Å². The van der Waals surface area contributed by atoms with Crippen LogP contribution in [0.25, 0.3) is 0 Å². The number of carbonyl (C=O) groups is 1. The lowest BCUT2D eigenvalue weighted by Crippen LogP contribution is -2.42. The van der Waals surface area contributed by atoms with Gasteiger partial charge < -0.3 is 21.1 Å². The number of pyridine rings is 1. The summed E-state index contributed by atoms with van der Waals surface area (Å²) >= 11 is 0. The van der Waals surface area contributed by atoms with Crippen LogP contribution in [0.1, 0.15) is 81.7 Å². The van der Waals surface area contributed by atoms with Crippen molar-refractivity contribution in [3.05, 3.63) is 101 Å². The van der Waals surface area contributed by atoms with Gasteiger partial charge in [0.25, 0.3) is 0 Å². The number of aliphatic imine (C=N–C) groups is 1. The van der Waals surface area contributed by atoms with Gasteiger partial charge in [-0.25, -0.2) is 9.79 Å². The number of ether oxygens (including phenoxy) is 1. The number of nitrogens with zero attached hydrogens (tertiary/aromatic N) is 2. The zero-order chi connectivity index (χ0) is 33.6. The van der Waals surface area contributed by atoms with Crippen LogP contribution in [0.5, 0.6) is 5.75 Å². The molecule has 7 N–H and O–H groups in total. The highest BCUT2D eigenvalue weighted by atomic mass is 16.5. The van der Waals surface area contributed by atoms with Gasteiger partial charge in [0, 0.05) is 23.6 Å². The number of hydrogen-bond donors (Lipinski definition) is 6. The Bertz CT molecular complexity index is 1690. The maximum absolute atomic E-state index is 13.4. The molecule has 1 aromatic heterocycles. The van der Waals surface area contributed by atoms with Crippen molar-refractivity contribution in [2.45, 2.75) is 71.9 Å². The van der Waals surface area contributed by atoms with Gasteiger partial charge >= 0.3 is 6.03 Å². The molecule has 5 rings (SSSR count). The van der Waals surface area contributed by atoms with Gasteiger partial charge in [0.15, 0.2) is 0 Å². The first-order chi connectivity index (χ1) is 22.5. The molecule has 1 aliphatic carbocycles. The number of nitrogens with two attached hydrogens (primary N) is 1. The molecule has 3 aromatic rings. The predicted octanol–water partition coefficient (Wildman–Crippen LogP) is 6.36. The van der Waals surface area contributed by atoms with Gasteiger partial charge in [0.05, 0.1) is 17.9 Å². The van der Waals surface area contributed by atoms with Crippen molar-refractivity contribution in [1.29, 1.82) is 10.8 Å². The minimum atomic E-state index is -0.368. The molecular weight excluding hydrogens is 588 g/mol. The summed E-state index contributed by atoms with van der Waals surface area (Å²) in [6, 6.07) is 18.7. The molecule has 10 heteroatoms. The van der Waals surface area contributed by atoms with E-state index in [4.69, 9.17) is 21.3 Å². The Kier molecular flexibility index (Phi) is 10.6. The van der Waals surface area contributed by atoms with Crippen molar-refractivity contribution in [3.8, 4) is 5.75 Å². The number of aryl methyl sites for hydroxylation is 1. The molecule has 1 fully saturated rings. The molecule has 47 heavy (non-hydrogen) atoms. The lowest BCUT2D eigenvalue weighted by Gasteiger charge is -2.32. The molecule has 1 saturated heterocycles. The number of carbonyl (C=O) groups excluding carboxylic acids is 1. The topological polar surface area (TPSA) is 153 Å². The molecule has 248 valence electrons. The number of hydrogen-bond acceptors (Lipinski definition) is 7. The highest BCUT2D eigenvalue weighted by Gasteiger charge is 2.30. The number of aromatic nitrogens is 1. The van der Waals surface area contributed by atoms with Crippen molar-refractivity contribution in [1.82, 2.24) is 20.5 Å². The highest BCUT2D eigenvalue weighted by Crippen LogP contribution is 2.38. The van der Waals surface area contributed by atoms with Crippen LogP contribution in [0.4, 0.5) is 10.5 Å². The monoisotopic (exact) mass is 636 g/mol. The molecule has 10 nitrogen and oxygen atoms in total. The Morgan fingerprint density at radius 1 is 1.04 bits per heavy atom. The van der Waals surface area contributed by atoms with Crippen LogP contribution < -0.4 is 31.9 Å². The molecule has 0 spiro atoms. The molecule has 2 aliphatic rings. The number of rotatable bonds is 7. The van der Waals surface area contributed by atoms with Gasteiger partial charge in [-0.15, -0.1) is 0 Å². The van der Waals surface area contributed by atoms with E-state index in [1.165, 1.54) is 0 Å². The fraction of sp³-hybridized carbons (Fsp3) is 0.405. The molecule has 0 unspecified atom stereocenters. The summed E-state index contributed by atoms with van der Waals surface area (Å²) in [6.07, 6.45) is 7.32. The molecular formula is C37H48N8O2. The third-order valence-electron chi connectivity index (χ3n) is 8.86. The molecule has 0 radical (unpaired) electrons. The summed E-state index contributed by atoms with van der Waals surface area (Å²) in [5, 5.41) is 26.6. The minimum absolute atomic E-state index is 0.227. The Morgan fingerprint density at radius 2 is 1.74 bits per heavy atom. The molecule has 1 aliphatic heterocycles. The lowest BCUT2D eigenvalue weighted by atomic mass is 9.85. The second-order valence-corrected chi connectivity index (χ2v) is 13.6. The maximum Gasteiger partial charge on any atom is 0.320 e. The zero-order valence-electron chi connectivity index (χ0n) is 27.9. The van der Waals surface area contributed by atoms with Gasteiger partial charge in [-0.1, -0.05) is 62.7 Å². The first-order valence-corrected chi connectivity index (χ1v) is 16.5. The third-order valence-corrected chi connectivity index (χ3v) is 8.86. The quantitative estimate of drug-likeness (QED) is 0.132. The van der Waals surface area contributed by atoms with Crippen LogP contribution in [-0.4, -0.2) is 35.4 Å². The summed E-state index contributed by atoms with van der Waals surface area (Å²) in [6.45, 7) is 10.0. The molecule has 2 amide bonds. The van der Waals surface area contributed by atoms with E-state index in [2.05, 4.69) is 20.9 Å². The Morgan fingerprint density at radius 3 is 2.45 bits per heavy atom. The van der Waals surface area contributed by atoms with Crippen molar-refractivity contribution < 1.29 is 9.53 Å². The normalized spacial score (nSPS) is 19.1. The van der Waals surface area contributed by atoms with E-state index in [1.54, 1.807) is 29.0 Å². The first-order valence-electron chi connectivity index (χ1n) is 16.5. The van der Waals surface area contributed by atoms with Crippen molar-refractivity contribution in [3.63, 3.8) is 0 Å². The average Bonchev–Trinajstić information content (AvgIpc) is 3.04. The average molecular weight is 637 g/mol. The maximum atomic E-state index is 13.4. The fourth-order valence-corrected chi connectivity index (χ4v) is 5.95. The van der Waals surface area contributed by atoms with Crippen molar-refractivity contribution in [2.24, 2.45) is 22.1 Å². The van der Waals surface area contributed by atoms with Gasteiger partial charge in [0.2, 0.25) is 0 Å². The number of nitrogens with one attached hydrogen (secondary N) is 5. The SMILES string of the molecule is Cc1ccc(N=C(C=C(N)C(C)(C)C)NC(=O)N[C@H]2CC[C@@H](Oc3ccc(=N)n(C(=N)CC4CCNCC4)c3)c3ccccc32)cc1. The Balaban J connectivity index is 1.30. The summed E-state index contributed by atoms with van der Waals surface area (Å²) in [4.78, 5) is 18.1. The number of urea groups is 1. The Hall–Kier alpha value is -4.70. The van der Waals surface area contributed by atoms with E-state index in [9.17, 15) is 4.79 Å². The first kappa shape index (κ1) is 33.7. The highest BCUT2D eigenvalue weighted by molar-refractivity contribution is 6.05. The fourth-order valence-electron chi connectivity index (χ4n) is 5.95. The van der Waals surface area contributed by atoms with E-state index < -0.39 is 0 Å². The molecule has 0 bridgehead atoms. The van der Waals surface area contributed by atoms with E-state index in [1.807, 2.05) is 76.2 Å². The molecule has 2 aromatic carbocycles. The molecule has 2 heterocycles. The number of amides is 2. The molecule has 0 saturated carbocycles. The summed E-state index contributed by atoms with van der Waals surface area (Å²) < 4.78 is 8.13. The van der Waals surface area contributed by atoms with Gasteiger partial charge in [-0.2, -0.15) is 0 Å². The van der Waals surface area contributed by atoms with Crippen molar-refractivity contribution >= 4 is 23.4 Å². The smallest absolute Gasteiger partial charge is 0.320 e. The number of benzene rings is 2. The number of fused-ring (bicyclic) bond motifs is 1. The lowest BCUT2D eigenvalue weighted by molar-refractivity contribution is 0.171. The van der Waals surface area contributed by atoms with Crippen LogP contribution in [0.3, 0.4) is 0 Å². The van der Waals surface area contributed by atoms with Crippen LogP contribution in [0.2, 0.25) is 0 Å². The van der Waals surface area contributed by atoms with E-state index in [0.29, 0.717) is 54.0 Å². The predicted molar refractivity (Wildman–Crippen MR) is 187 cm³/mol. The van der Waals surface area contributed by atoms with E-state index in [0.717, 1.165) is 42.6 Å². The minimum Gasteiger partial charge on any atom is -0.484 e. The number of piperidine rings is 1. The van der Waals surface area contributed by atoms with Gasteiger partial charge in [-0.05, 0) is 87.0 Å². The number of amidine groups is 1. The second-order valence-electron chi connectivity index (χ2n) is 13.6. The second kappa shape index (κ2) is 14.8. The van der Waals surface area contributed by atoms with Gasteiger partial charge in [-0.3, -0.25) is 20.7 Å². The standard InChI is InChI=1S/C37H48N8O2/c1-24-9-11-26(12-10-24)42-35(22-32(38)37(2,3)4)44-36(46)43-30-14-15-31(29-8-6-5-7-28(29)30)47-27-13-16-33(39)45(23-27)34(40)21-25-17-19-41-20-18-25/h5-13,16,22-23,25,30-31,39-41H,14-15,17-21,38H2,1-4H3,(H2,42,43,44,46)/t30-,31+/m0/s1. The van der Waals surface area contributed by atoms with Crippen LogP contribution in [0, 0.1) is 29.1 Å². The van der Waals surface area contributed by atoms with E-state index >= 15 is 0 Å². The van der Waals surface area contributed by atoms with Crippen LogP contribution >= 0.6 is 0 Å². The number of allylic oxidation sites excluding steroid dienone is 1. The molecule has 2 atom stereocenters. The summed E-state index contributed by atoms with van der Waals surface area (Å²) in [5.41, 5.74) is 10.8. The summed E-state index contributed by atoms with van der Waals surface area (Å²) in [5.74, 6) is 1.83. The van der Waals surface area contributed by atoms with E-state index in [-0.39, 0.29) is 29.1 Å².